The maximum Gasteiger partial charge on any atom is 0.323 e. The summed E-state index contributed by atoms with van der Waals surface area (Å²) in [5.74, 6) is -2.87. The Kier molecular flexibility index (Phi) is 8.55. The molecule has 7 heteroatoms. The summed E-state index contributed by atoms with van der Waals surface area (Å²) in [6.07, 6.45) is 3.43. The highest BCUT2D eigenvalue weighted by molar-refractivity contribution is 5.85. The lowest BCUT2D eigenvalue weighted by Gasteiger charge is -2.18. The van der Waals surface area contributed by atoms with Crippen LogP contribution in [0.25, 0.3) is 0 Å². The second-order valence-corrected chi connectivity index (χ2v) is 3.99. The molecule has 0 aliphatic carbocycles. The molecule has 0 radical (unpaired) electrons. The average Bonchev–Trinajstić information content (AvgIpc) is 2.26. The normalized spacial score (nSPS) is 10.1. The summed E-state index contributed by atoms with van der Waals surface area (Å²) in [5.41, 5.74) is 5.32. The topological polar surface area (TPSA) is 121 Å². The number of hydrogen-bond donors (Lipinski definition) is 3. The molecule has 0 aliphatic heterocycles. The minimum absolute atomic E-state index is 0.172. The van der Waals surface area contributed by atoms with Crippen LogP contribution >= 0.6 is 0 Å². The van der Waals surface area contributed by atoms with Crippen molar-refractivity contribution >= 4 is 17.8 Å². The van der Waals surface area contributed by atoms with Gasteiger partial charge in [-0.3, -0.25) is 14.4 Å². The number of carbonyl (C=O) groups is 3. The van der Waals surface area contributed by atoms with Gasteiger partial charge in [0.25, 0.3) is 0 Å². The van der Waals surface area contributed by atoms with E-state index in [0.29, 0.717) is 13.0 Å². The van der Waals surface area contributed by atoms with E-state index in [-0.39, 0.29) is 6.42 Å². The lowest BCUT2D eigenvalue weighted by molar-refractivity contribution is -0.149. The van der Waals surface area contributed by atoms with E-state index >= 15 is 0 Å². The number of rotatable bonds is 10. The quantitative estimate of drug-likeness (QED) is 0.471. The molecule has 0 aliphatic rings. The molecule has 0 rings (SSSR count). The maximum atomic E-state index is 11.6. The van der Waals surface area contributed by atoms with Crippen molar-refractivity contribution in [3.8, 4) is 0 Å². The number of carbonyl (C=O) groups excluding carboxylic acids is 1. The first-order valence-electron chi connectivity index (χ1n) is 5.88. The monoisotopic (exact) mass is 260 g/mol. The molecule has 0 unspecified atom stereocenters. The Labute approximate surface area is 106 Å². The van der Waals surface area contributed by atoms with Gasteiger partial charge in [-0.15, -0.1) is 0 Å². The van der Waals surface area contributed by atoms with Crippen molar-refractivity contribution in [3.63, 3.8) is 0 Å². The zero-order valence-corrected chi connectivity index (χ0v) is 10.3. The first kappa shape index (κ1) is 16.4. The molecule has 0 saturated heterocycles. The Hall–Kier alpha value is -1.63. The molecule has 4 N–H and O–H groups in total. The molecule has 7 nitrogen and oxygen atoms in total. The van der Waals surface area contributed by atoms with E-state index in [9.17, 15) is 14.4 Å². The fourth-order valence-corrected chi connectivity index (χ4v) is 1.49. The summed E-state index contributed by atoms with van der Waals surface area (Å²) in [6, 6.07) is 0. The van der Waals surface area contributed by atoms with Crippen LogP contribution in [0, 0.1) is 0 Å². The molecule has 0 spiro atoms. The van der Waals surface area contributed by atoms with Gasteiger partial charge in [0, 0.05) is 6.42 Å². The van der Waals surface area contributed by atoms with Crippen LogP contribution in [0.2, 0.25) is 0 Å². The summed E-state index contributed by atoms with van der Waals surface area (Å²) >= 11 is 0. The van der Waals surface area contributed by atoms with Gasteiger partial charge in [-0.1, -0.05) is 12.8 Å². The lowest BCUT2D eigenvalue weighted by atomic mass is 10.1. The maximum absolute atomic E-state index is 11.6. The Morgan fingerprint density at radius 1 is 0.889 bits per heavy atom. The van der Waals surface area contributed by atoms with Gasteiger partial charge in [-0.25, -0.2) is 0 Å². The van der Waals surface area contributed by atoms with Crippen LogP contribution in [-0.2, 0) is 14.4 Å². The SMILES string of the molecule is NCCCCCCC(=O)N(CC(=O)O)CC(=O)O. The third-order valence-electron chi connectivity index (χ3n) is 2.35. The van der Waals surface area contributed by atoms with Crippen molar-refractivity contribution < 1.29 is 24.6 Å². The summed E-state index contributed by atoms with van der Waals surface area (Å²) < 4.78 is 0. The molecular weight excluding hydrogens is 240 g/mol. The molecule has 104 valence electrons. The predicted molar refractivity (Wildman–Crippen MR) is 64.0 cm³/mol. The summed E-state index contributed by atoms with van der Waals surface area (Å²) in [6.45, 7) is -0.542. The number of hydrogen-bond acceptors (Lipinski definition) is 4. The zero-order chi connectivity index (χ0) is 14.0. The van der Waals surface area contributed by atoms with E-state index in [0.717, 1.165) is 24.2 Å². The first-order valence-corrected chi connectivity index (χ1v) is 5.88. The van der Waals surface area contributed by atoms with E-state index < -0.39 is 30.9 Å². The number of nitrogens with two attached hydrogens (primary N) is 1. The van der Waals surface area contributed by atoms with Crippen molar-refractivity contribution in [1.29, 1.82) is 0 Å². The van der Waals surface area contributed by atoms with Gasteiger partial charge in [0.1, 0.15) is 13.1 Å². The van der Waals surface area contributed by atoms with Crippen LogP contribution in [0.5, 0.6) is 0 Å². The molecule has 0 bridgehead atoms. The van der Waals surface area contributed by atoms with Crippen molar-refractivity contribution in [2.45, 2.75) is 32.1 Å². The average molecular weight is 260 g/mol. The van der Waals surface area contributed by atoms with E-state index in [1.165, 1.54) is 0 Å². The van der Waals surface area contributed by atoms with Gasteiger partial charge in [-0.05, 0) is 19.4 Å². The van der Waals surface area contributed by atoms with Crippen LogP contribution in [0.3, 0.4) is 0 Å². The van der Waals surface area contributed by atoms with E-state index in [4.69, 9.17) is 15.9 Å². The highest BCUT2D eigenvalue weighted by Crippen LogP contribution is 2.05. The molecule has 18 heavy (non-hydrogen) atoms. The summed E-state index contributed by atoms with van der Waals surface area (Å²) in [4.78, 5) is 33.5. The van der Waals surface area contributed by atoms with Gasteiger partial charge in [0.05, 0.1) is 0 Å². The molecule has 0 atom stereocenters. The summed E-state index contributed by atoms with van der Waals surface area (Å²) in [7, 11) is 0. The van der Waals surface area contributed by atoms with Gasteiger partial charge in [0.2, 0.25) is 5.91 Å². The highest BCUT2D eigenvalue weighted by atomic mass is 16.4. The second-order valence-electron chi connectivity index (χ2n) is 3.99. The fourth-order valence-electron chi connectivity index (χ4n) is 1.49. The fraction of sp³-hybridized carbons (Fsp3) is 0.727. The minimum Gasteiger partial charge on any atom is -0.480 e. The van der Waals surface area contributed by atoms with Gasteiger partial charge in [-0.2, -0.15) is 0 Å². The molecule has 0 heterocycles. The Morgan fingerprint density at radius 3 is 1.83 bits per heavy atom. The summed E-state index contributed by atoms with van der Waals surface area (Å²) in [5, 5.41) is 17.2. The van der Waals surface area contributed by atoms with E-state index in [2.05, 4.69) is 0 Å². The Balaban J connectivity index is 4.04. The number of aliphatic carboxylic acids is 2. The van der Waals surface area contributed by atoms with Crippen LogP contribution in [0.15, 0.2) is 0 Å². The van der Waals surface area contributed by atoms with Gasteiger partial charge >= 0.3 is 11.9 Å². The Morgan fingerprint density at radius 2 is 1.39 bits per heavy atom. The van der Waals surface area contributed by atoms with Crippen LogP contribution in [-0.4, -0.2) is 52.6 Å². The van der Waals surface area contributed by atoms with E-state index in [1.54, 1.807) is 0 Å². The highest BCUT2D eigenvalue weighted by Gasteiger charge is 2.18. The van der Waals surface area contributed by atoms with Crippen LogP contribution < -0.4 is 5.73 Å². The van der Waals surface area contributed by atoms with Gasteiger partial charge < -0.3 is 20.8 Å². The van der Waals surface area contributed by atoms with Crippen LogP contribution in [0.4, 0.5) is 0 Å². The number of nitrogens with zero attached hydrogens (tertiary/aromatic N) is 1. The molecule has 0 aromatic carbocycles. The number of carboxylic acid groups (broad SMARTS) is 2. The van der Waals surface area contributed by atoms with Crippen molar-refractivity contribution in [2.24, 2.45) is 5.73 Å². The zero-order valence-electron chi connectivity index (χ0n) is 10.3. The number of amides is 1. The molecular formula is C11H20N2O5. The molecule has 0 aromatic rings. The standard InChI is InChI=1S/C11H20N2O5/c12-6-4-2-1-3-5-9(14)13(7-10(15)16)8-11(17)18/h1-8,12H2,(H,15,16)(H,17,18). The van der Waals surface area contributed by atoms with Gasteiger partial charge in [0.15, 0.2) is 0 Å². The largest absolute Gasteiger partial charge is 0.480 e. The number of carboxylic acids is 2. The van der Waals surface area contributed by atoms with Crippen molar-refractivity contribution in [1.82, 2.24) is 4.90 Å². The molecule has 0 fully saturated rings. The molecule has 1 amide bonds. The molecule has 0 saturated carbocycles. The van der Waals surface area contributed by atoms with E-state index in [1.807, 2.05) is 0 Å². The smallest absolute Gasteiger partial charge is 0.323 e. The Bertz CT molecular complexity index is 277. The van der Waals surface area contributed by atoms with Crippen molar-refractivity contribution in [3.05, 3.63) is 0 Å². The minimum atomic E-state index is -1.22. The molecule has 0 aromatic heterocycles. The number of unbranched alkanes of at least 4 members (excludes halogenated alkanes) is 3. The third-order valence-corrected chi connectivity index (χ3v) is 2.35. The van der Waals surface area contributed by atoms with Crippen molar-refractivity contribution in [2.75, 3.05) is 19.6 Å². The first-order chi connectivity index (χ1) is 8.47. The lowest BCUT2D eigenvalue weighted by Crippen LogP contribution is -2.39. The third kappa shape index (κ3) is 8.51. The second kappa shape index (κ2) is 9.41. The van der Waals surface area contributed by atoms with Crippen LogP contribution in [0.1, 0.15) is 32.1 Å². The predicted octanol–water partition coefficient (Wildman–Crippen LogP) is -0.107.